The Labute approximate surface area is 118 Å². The first kappa shape index (κ1) is 14.4. The van der Waals surface area contributed by atoms with Gasteiger partial charge in [-0.25, -0.2) is 0 Å². The van der Waals surface area contributed by atoms with Crippen LogP contribution in [0.3, 0.4) is 0 Å². The van der Waals surface area contributed by atoms with Gasteiger partial charge in [0.15, 0.2) is 0 Å². The predicted octanol–water partition coefficient (Wildman–Crippen LogP) is 1.75. The average Bonchev–Trinajstić information content (AvgIpc) is 3.29. The number of rotatable bonds is 7. The molecule has 0 bridgehead atoms. The van der Waals surface area contributed by atoms with Crippen molar-refractivity contribution in [2.75, 3.05) is 6.54 Å². The molecule has 0 unspecified atom stereocenters. The first-order valence-electron chi connectivity index (χ1n) is 6.99. The zero-order valence-corrected chi connectivity index (χ0v) is 11.5. The third-order valence-corrected chi connectivity index (χ3v) is 3.78. The molecule has 1 aliphatic carbocycles. The van der Waals surface area contributed by atoms with Crippen molar-refractivity contribution in [3.8, 4) is 0 Å². The first-order chi connectivity index (χ1) is 9.69. The number of amidine groups is 1. The van der Waals surface area contributed by atoms with Crippen molar-refractivity contribution in [1.82, 2.24) is 5.32 Å². The van der Waals surface area contributed by atoms with Crippen LogP contribution in [-0.4, -0.2) is 23.5 Å². The van der Waals surface area contributed by atoms with E-state index in [1.165, 1.54) is 0 Å². The summed E-state index contributed by atoms with van der Waals surface area (Å²) in [6, 6.07) is 9.94. The van der Waals surface area contributed by atoms with Crippen molar-refractivity contribution >= 4 is 11.7 Å². The SMILES string of the molecule is NC(CCCCNC(=O)C1(c2ccccc2)CC1)=NO. The number of unbranched alkanes of at least 4 members (excludes halogenated alkanes) is 1. The number of nitrogens with one attached hydrogen (secondary N) is 1. The van der Waals surface area contributed by atoms with Gasteiger partial charge in [0, 0.05) is 13.0 Å². The number of hydrogen-bond donors (Lipinski definition) is 3. The summed E-state index contributed by atoms with van der Waals surface area (Å²) in [7, 11) is 0. The highest BCUT2D eigenvalue weighted by Crippen LogP contribution is 2.48. The van der Waals surface area contributed by atoms with Crippen LogP contribution in [0, 0.1) is 0 Å². The normalized spacial score (nSPS) is 16.7. The van der Waals surface area contributed by atoms with Crippen molar-refractivity contribution in [3.63, 3.8) is 0 Å². The molecule has 1 aromatic rings. The van der Waals surface area contributed by atoms with Gasteiger partial charge in [-0.15, -0.1) is 0 Å². The number of nitrogens with two attached hydrogens (primary N) is 1. The molecule has 1 aliphatic rings. The lowest BCUT2D eigenvalue weighted by molar-refractivity contribution is -0.123. The highest BCUT2D eigenvalue weighted by atomic mass is 16.4. The maximum absolute atomic E-state index is 12.3. The van der Waals surface area contributed by atoms with E-state index in [2.05, 4.69) is 10.5 Å². The van der Waals surface area contributed by atoms with E-state index in [0.717, 1.165) is 31.2 Å². The van der Waals surface area contributed by atoms with Crippen LogP contribution in [0.2, 0.25) is 0 Å². The number of hydrogen-bond acceptors (Lipinski definition) is 3. The molecule has 0 aromatic heterocycles. The quantitative estimate of drug-likeness (QED) is 0.233. The largest absolute Gasteiger partial charge is 0.409 e. The van der Waals surface area contributed by atoms with Crippen LogP contribution in [0.1, 0.15) is 37.7 Å². The van der Waals surface area contributed by atoms with E-state index in [4.69, 9.17) is 10.9 Å². The lowest BCUT2D eigenvalue weighted by atomic mass is 9.95. The molecule has 1 fully saturated rings. The first-order valence-corrected chi connectivity index (χ1v) is 6.99. The third-order valence-electron chi connectivity index (χ3n) is 3.78. The monoisotopic (exact) mass is 275 g/mol. The zero-order valence-electron chi connectivity index (χ0n) is 11.5. The molecule has 5 heteroatoms. The van der Waals surface area contributed by atoms with Crippen molar-refractivity contribution < 1.29 is 10.0 Å². The molecule has 0 heterocycles. The second-order valence-electron chi connectivity index (χ2n) is 5.25. The molecule has 0 spiro atoms. The van der Waals surface area contributed by atoms with Gasteiger partial charge in [-0.3, -0.25) is 4.79 Å². The van der Waals surface area contributed by atoms with Crippen LogP contribution in [-0.2, 0) is 10.2 Å². The molecule has 2 rings (SSSR count). The van der Waals surface area contributed by atoms with E-state index in [1.807, 2.05) is 30.3 Å². The third kappa shape index (κ3) is 3.29. The summed E-state index contributed by atoms with van der Waals surface area (Å²) in [5.41, 5.74) is 6.19. The fourth-order valence-electron chi connectivity index (χ4n) is 2.38. The maximum atomic E-state index is 12.3. The van der Waals surface area contributed by atoms with Crippen molar-refractivity contribution in [3.05, 3.63) is 35.9 Å². The summed E-state index contributed by atoms with van der Waals surface area (Å²) < 4.78 is 0. The topological polar surface area (TPSA) is 87.7 Å². The van der Waals surface area contributed by atoms with Gasteiger partial charge in [0.05, 0.1) is 5.41 Å². The minimum absolute atomic E-state index is 0.118. The molecule has 1 saturated carbocycles. The standard InChI is InChI=1S/C15H21N3O2/c16-13(18-20)8-4-5-11-17-14(19)15(9-10-15)12-6-2-1-3-7-12/h1-3,6-7,20H,4-5,8-11H2,(H2,16,18)(H,17,19). The van der Waals surface area contributed by atoms with E-state index >= 15 is 0 Å². The summed E-state index contributed by atoms with van der Waals surface area (Å²) >= 11 is 0. The number of benzene rings is 1. The lowest BCUT2D eigenvalue weighted by Crippen LogP contribution is -2.35. The molecule has 1 aromatic carbocycles. The van der Waals surface area contributed by atoms with E-state index in [9.17, 15) is 4.79 Å². The minimum atomic E-state index is -0.299. The molecule has 0 aliphatic heterocycles. The Bertz CT molecular complexity index is 481. The van der Waals surface area contributed by atoms with E-state index in [1.54, 1.807) is 0 Å². The molecule has 20 heavy (non-hydrogen) atoms. The van der Waals surface area contributed by atoms with E-state index in [-0.39, 0.29) is 17.2 Å². The summed E-state index contributed by atoms with van der Waals surface area (Å²) in [5.74, 6) is 0.353. The summed E-state index contributed by atoms with van der Waals surface area (Å²) in [6.45, 7) is 0.631. The van der Waals surface area contributed by atoms with Crippen molar-refractivity contribution in [2.24, 2.45) is 10.9 Å². The Hall–Kier alpha value is -2.04. The van der Waals surface area contributed by atoms with Gasteiger partial charge in [-0.1, -0.05) is 35.5 Å². The van der Waals surface area contributed by atoms with E-state index < -0.39 is 0 Å². The predicted molar refractivity (Wildman–Crippen MR) is 77.6 cm³/mol. The van der Waals surface area contributed by atoms with Gasteiger partial charge in [0.25, 0.3) is 0 Å². The van der Waals surface area contributed by atoms with Gasteiger partial charge >= 0.3 is 0 Å². The fourth-order valence-corrected chi connectivity index (χ4v) is 2.38. The Morgan fingerprint density at radius 2 is 2.00 bits per heavy atom. The van der Waals surface area contributed by atoms with Crippen LogP contribution in [0.25, 0.3) is 0 Å². The van der Waals surface area contributed by atoms with Crippen LogP contribution in [0.5, 0.6) is 0 Å². The molecule has 5 nitrogen and oxygen atoms in total. The molecule has 0 radical (unpaired) electrons. The number of amides is 1. The zero-order chi connectivity index (χ0) is 14.4. The molecular formula is C15H21N3O2. The smallest absolute Gasteiger partial charge is 0.230 e. The number of oxime groups is 1. The highest BCUT2D eigenvalue weighted by molar-refractivity contribution is 5.91. The van der Waals surface area contributed by atoms with Crippen LogP contribution in [0.4, 0.5) is 0 Å². The minimum Gasteiger partial charge on any atom is -0.409 e. The fraction of sp³-hybridized carbons (Fsp3) is 0.467. The second-order valence-corrected chi connectivity index (χ2v) is 5.25. The van der Waals surface area contributed by atoms with Gasteiger partial charge in [0.1, 0.15) is 5.84 Å². The number of nitrogens with zero attached hydrogens (tertiary/aromatic N) is 1. The molecule has 108 valence electrons. The van der Waals surface area contributed by atoms with Crippen molar-refractivity contribution in [2.45, 2.75) is 37.5 Å². The maximum Gasteiger partial charge on any atom is 0.230 e. The Morgan fingerprint density at radius 3 is 2.60 bits per heavy atom. The van der Waals surface area contributed by atoms with Gasteiger partial charge in [0.2, 0.25) is 5.91 Å². The van der Waals surface area contributed by atoms with Crippen LogP contribution >= 0.6 is 0 Å². The second kappa shape index (κ2) is 6.41. The molecule has 4 N–H and O–H groups in total. The number of carbonyl (C=O) groups excluding carboxylic acids is 1. The summed E-state index contributed by atoms with van der Waals surface area (Å²) in [4.78, 5) is 12.3. The van der Waals surface area contributed by atoms with Gasteiger partial charge < -0.3 is 16.3 Å². The summed E-state index contributed by atoms with van der Waals surface area (Å²) in [5, 5.41) is 14.3. The van der Waals surface area contributed by atoms with Crippen LogP contribution < -0.4 is 11.1 Å². The Kier molecular flexibility index (Phi) is 4.61. The molecular weight excluding hydrogens is 254 g/mol. The molecule has 0 atom stereocenters. The molecule has 1 amide bonds. The van der Waals surface area contributed by atoms with Crippen molar-refractivity contribution in [1.29, 1.82) is 0 Å². The van der Waals surface area contributed by atoms with Crippen LogP contribution in [0.15, 0.2) is 35.5 Å². The average molecular weight is 275 g/mol. The van der Waals surface area contributed by atoms with E-state index in [0.29, 0.717) is 13.0 Å². The van der Waals surface area contributed by atoms with Gasteiger partial charge in [-0.2, -0.15) is 0 Å². The molecule has 0 saturated heterocycles. The lowest BCUT2D eigenvalue weighted by Gasteiger charge is -2.15. The Balaban J connectivity index is 1.76. The highest BCUT2D eigenvalue weighted by Gasteiger charge is 2.50. The van der Waals surface area contributed by atoms with Gasteiger partial charge in [-0.05, 0) is 31.2 Å². The Morgan fingerprint density at radius 1 is 1.30 bits per heavy atom. The number of carbonyl (C=O) groups is 1. The summed E-state index contributed by atoms with van der Waals surface area (Å²) in [6.07, 6.45) is 4.03.